The van der Waals surface area contributed by atoms with Gasteiger partial charge in [-0.25, -0.2) is 4.39 Å². The van der Waals surface area contributed by atoms with Crippen LogP contribution in [0.4, 0.5) is 4.39 Å². The van der Waals surface area contributed by atoms with E-state index < -0.39 is 0 Å². The van der Waals surface area contributed by atoms with E-state index in [9.17, 15) is 4.39 Å². The van der Waals surface area contributed by atoms with Crippen LogP contribution in [0.5, 0.6) is 0 Å². The zero-order chi connectivity index (χ0) is 11.6. The van der Waals surface area contributed by atoms with Crippen LogP contribution in [-0.2, 0) is 6.54 Å². The predicted octanol–water partition coefficient (Wildman–Crippen LogP) is 3.90. The van der Waals surface area contributed by atoms with E-state index in [1.54, 1.807) is 12.1 Å². The molecule has 2 rings (SSSR count). The first kappa shape index (κ1) is 11.9. The summed E-state index contributed by atoms with van der Waals surface area (Å²) in [4.78, 5) is 0. The first-order valence-electron chi connectivity index (χ1n) is 5.84. The van der Waals surface area contributed by atoms with E-state index in [-0.39, 0.29) is 11.4 Å². The molecule has 0 amide bonds. The normalized spacial score (nSPS) is 18.2. The van der Waals surface area contributed by atoms with Gasteiger partial charge < -0.3 is 5.32 Å². The Labute approximate surface area is 101 Å². The van der Waals surface area contributed by atoms with E-state index in [0.717, 1.165) is 6.42 Å². The lowest BCUT2D eigenvalue weighted by Crippen LogP contribution is -2.49. The lowest BCUT2D eigenvalue weighted by Gasteiger charge is -2.42. The van der Waals surface area contributed by atoms with Crippen LogP contribution in [0.3, 0.4) is 0 Å². The summed E-state index contributed by atoms with van der Waals surface area (Å²) in [6.07, 6.45) is 4.78. The monoisotopic (exact) mass is 241 g/mol. The highest BCUT2D eigenvalue weighted by Crippen LogP contribution is 2.35. The summed E-state index contributed by atoms with van der Waals surface area (Å²) >= 11 is 5.85. The van der Waals surface area contributed by atoms with Crippen molar-refractivity contribution in [3.63, 3.8) is 0 Å². The van der Waals surface area contributed by atoms with Crippen LogP contribution in [0, 0.1) is 5.82 Å². The average Bonchev–Trinajstić information content (AvgIpc) is 2.22. The van der Waals surface area contributed by atoms with Gasteiger partial charge in [0.05, 0.1) is 0 Å². The van der Waals surface area contributed by atoms with Crippen molar-refractivity contribution in [1.82, 2.24) is 5.32 Å². The van der Waals surface area contributed by atoms with Crippen LogP contribution in [0.25, 0.3) is 0 Å². The fraction of sp³-hybridized carbons (Fsp3) is 0.538. The van der Waals surface area contributed by atoms with Gasteiger partial charge in [-0.3, -0.25) is 0 Å². The smallest absolute Gasteiger partial charge is 0.127 e. The Balaban J connectivity index is 2.01. The quantitative estimate of drug-likeness (QED) is 0.843. The first-order chi connectivity index (χ1) is 7.65. The summed E-state index contributed by atoms with van der Waals surface area (Å²) in [5.41, 5.74) is 0.904. The second kappa shape index (κ2) is 4.72. The van der Waals surface area contributed by atoms with Gasteiger partial charge in [-0.05, 0) is 43.9 Å². The van der Waals surface area contributed by atoms with Crippen LogP contribution < -0.4 is 5.32 Å². The second-order valence-electron chi connectivity index (χ2n) is 4.58. The maximum atomic E-state index is 13.5. The van der Waals surface area contributed by atoms with Gasteiger partial charge in [0.15, 0.2) is 0 Å². The van der Waals surface area contributed by atoms with Gasteiger partial charge in [-0.1, -0.05) is 18.5 Å². The van der Waals surface area contributed by atoms with E-state index in [0.29, 0.717) is 17.1 Å². The predicted molar refractivity (Wildman–Crippen MR) is 65.1 cm³/mol. The zero-order valence-electron chi connectivity index (χ0n) is 9.52. The van der Waals surface area contributed by atoms with E-state index >= 15 is 0 Å². The number of halogens is 2. The Morgan fingerprint density at radius 2 is 2.19 bits per heavy atom. The van der Waals surface area contributed by atoms with Crippen molar-refractivity contribution in [2.45, 2.75) is 44.7 Å². The third-order valence-electron chi connectivity index (χ3n) is 3.65. The van der Waals surface area contributed by atoms with Crippen molar-refractivity contribution in [3.05, 3.63) is 34.6 Å². The van der Waals surface area contributed by atoms with Crippen molar-refractivity contribution in [2.24, 2.45) is 0 Å². The number of benzene rings is 1. The summed E-state index contributed by atoms with van der Waals surface area (Å²) in [6.45, 7) is 2.75. The first-order valence-corrected chi connectivity index (χ1v) is 6.22. The van der Waals surface area contributed by atoms with Crippen LogP contribution in [0.2, 0.25) is 5.02 Å². The van der Waals surface area contributed by atoms with Gasteiger partial charge in [0.1, 0.15) is 5.82 Å². The molecular formula is C13H17ClFN. The van der Waals surface area contributed by atoms with Gasteiger partial charge >= 0.3 is 0 Å². The number of nitrogens with one attached hydrogen (secondary N) is 1. The summed E-state index contributed by atoms with van der Waals surface area (Å²) in [5, 5.41) is 4.06. The largest absolute Gasteiger partial charge is 0.307 e. The highest BCUT2D eigenvalue weighted by atomic mass is 35.5. The van der Waals surface area contributed by atoms with Gasteiger partial charge in [0, 0.05) is 22.7 Å². The molecule has 3 heteroatoms. The molecule has 1 aromatic rings. The fourth-order valence-corrected chi connectivity index (χ4v) is 2.42. The van der Waals surface area contributed by atoms with E-state index in [1.165, 1.54) is 25.3 Å². The number of hydrogen-bond donors (Lipinski definition) is 1. The van der Waals surface area contributed by atoms with E-state index in [4.69, 9.17) is 11.6 Å². The van der Waals surface area contributed by atoms with Gasteiger partial charge in [-0.2, -0.15) is 0 Å². The summed E-state index contributed by atoms with van der Waals surface area (Å²) in [5.74, 6) is -0.178. The molecule has 1 nitrogen and oxygen atoms in total. The lowest BCUT2D eigenvalue weighted by molar-refractivity contribution is 0.175. The molecule has 1 fully saturated rings. The maximum Gasteiger partial charge on any atom is 0.127 e. The SMILES string of the molecule is CCC1(NCc2cc(Cl)ccc2F)CCC1. The minimum atomic E-state index is -0.178. The molecule has 1 aliphatic carbocycles. The van der Waals surface area contributed by atoms with Crippen molar-refractivity contribution < 1.29 is 4.39 Å². The lowest BCUT2D eigenvalue weighted by atomic mass is 9.75. The summed E-state index contributed by atoms with van der Waals surface area (Å²) in [7, 11) is 0. The molecule has 0 bridgehead atoms. The van der Waals surface area contributed by atoms with Gasteiger partial charge in [0.2, 0.25) is 0 Å². The Hall–Kier alpha value is -0.600. The average molecular weight is 242 g/mol. The topological polar surface area (TPSA) is 12.0 Å². The molecular weight excluding hydrogens is 225 g/mol. The van der Waals surface area contributed by atoms with Gasteiger partial charge in [-0.15, -0.1) is 0 Å². The fourth-order valence-electron chi connectivity index (χ4n) is 2.22. The van der Waals surface area contributed by atoms with Gasteiger partial charge in [0.25, 0.3) is 0 Å². The molecule has 1 aliphatic rings. The summed E-state index contributed by atoms with van der Waals surface area (Å²) in [6, 6.07) is 4.71. The molecule has 0 saturated heterocycles. The molecule has 1 N–H and O–H groups in total. The minimum absolute atomic E-state index is 0.178. The maximum absolute atomic E-state index is 13.5. The third kappa shape index (κ3) is 2.38. The Bertz CT molecular complexity index is 369. The molecule has 0 atom stereocenters. The highest BCUT2D eigenvalue weighted by molar-refractivity contribution is 6.30. The number of rotatable bonds is 4. The van der Waals surface area contributed by atoms with Crippen LogP contribution in [0.1, 0.15) is 38.2 Å². The molecule has 0 unspecified atom stereocenters. The minimum Gasteiger partial charge on any atom is -0.307 e. The standard InChI is InChI=1S/C13H17ClFN/c1-2-13(6-3-7-13)16-9-10-8-11(14)4-5-12(10)15/h4-5,8,16H,2-3,6-7,9H2,1H3. The summed E-state index contributed by atoms with van der Waals surface area (Å²) < 4.78 is 13.5. The Morgan fingerprint density at radius 1 is 1.44 bits per heavy atom. The second-order valence-corrected chi connectivity index (χ2v) is 5.01. The zero-order valence-corrected chi connectivity index (χ0v) is 10.3. The van der Waals surface area contributed by atoms with E-state index in [2.05, 4.69) is 12.2 Å². The molecule has 1 saturated carbocycles. The van der Waals surface area contributed by atoms with Crippen molar-refractivity contribution >= 4 is 11.6 Å². The van der Waals surface area contributed by atoms with E-state index in [1.807, 2.05) is 0 Å². The molecule has 0 aromatic heterocycles. The molecule has 0 aliphatic heterocycles. The Morgan fingerprint density at radius 3 is 2.75 bits per heavy atom. The molecule has 16 heavy (non-hydrogen) atoms. The molecule has 0 spiro atoms. The van der Waals surface area contributed by atoms with Crippen molar-refractivity contribution in [1.29, 1.82) is 0 Å². The van der Waals surface area contributed by atoms with Crippen molar-refractivity contribution in [3.8, 4) is 0 Å². The van der Waals surface area contributed by atoms with Crippen LogP contribution in [-0.4, -0.2) is 5.54 Å². The molecule has 1 aromatic carbocycles. The Kier molecular flexibility index (Phi) is 3.50. The molecule has 88 valence electrons. The molecule has 0 radical (unpaired) electrons. The van der Waals surface area contributed by atoms with Crippen LogP contribution >= 0.6 is 11.6 Å². The third-order valence-corrected chi connectivity index (χ3v) is 3.88. The van der Waals surface area contributed by atoms with Crippen molar-refractivity contribution in [2.75, 3.05) is 0 Å². The number of hydrogen-bond acceptors (Lipinski definition) is 1. The van der Waals surface area contributed by atoms with Crippen LogP contribution in [0.15, 0.2) is 18.2 Å². The molecule has 0 heterocycles. The highest BCUT2D eigenvalue weighted by Gasteiger charge is 2.34.